The normalized spacial score (nSPS) is 10.6. The molecule has 0 atom stereocenters. The van der Waals surface area contributed by atoms with Crippen LogP contribution in [0.4, 0.5) is 0 Å². The number of ether oxygens (including phenoxy) is 1. The second-order valence-corrected chi connectivity index (χ2v) is 11.9. The molecule has 0 heterocycles. The smallest absolute Gasteiger partial charge is 0.308 e. The van der Waals surface area contributed by atoms with Gasteiger partial charge in [0, 0.05) is 18.1 Å². The van der Waals surface area contributed by atoms with Crippen molar-refractivity contribution in [2.75, 3.05) is 0 Å². The van der Waals surface area contributed by atoms with Gasteiger partial charge in [-0.3, -0.25) is 4.79 Å². The van der Waals surface area contributed by atoms with E-state index in [1.807, 2.05) is 43.3 Å². The Balaban J connectivity index is 2.50. The highest BCUT2D eigenvalue weighted by molar-refractivity contribution is 6.83. The molecule has 2 aromatic rings. The predicted octanol–water partition coefficient (Wildman–Crippen LogP) is 5.21. The highest BCUT2D eigenvalue weighted by atomic mass is 28.3. The maximum Gasteiger partial charge on any atom is 0.308 e. The first-order valence-corrected chi connectivity index (χ1v) is 11.8. The van der Waals surface area contributed by atoms with Crippen molar-refractivity contribution in [3.05, 3.63) is 71.3 Å². The van der Waals surface area contributed by atoms with E-state index in [9.17, 15) is 4.79 Å². The molecule has 0 aliphatic heterocycles. The van der Waals surface area contributed by atoms with Crippen LogP contribution < -0.4 is 4.74 Å². The summed E-state index contributed by atoms with van der Waals surface area (Å²) in [6.45, 7) is 14.3. The summed E-state index contributed by atoms with van der Waals surface area (Å²) < 4.78 is 5.37. The zero-order valence-corrected chi connectivity index (χ0v) is 16.6. The first-order chi connectivity index (χ1) is 11.7. The van der Waals surface area contributed by atoms with Crippen LogP contribution in [0.15, 0.2) is 49.0 Å². The Kier molecular flexibility index (Phi) is 5.66. The second kappa shape index (κ2) is 7.54. The lowest BCUT2D eigenvalue weighted by molar-refractivity contribution is -0.131. The maximum atomic E-state index is 11.4. The van der Waals surface area contributed by atoms with Crippen molar-refractivity contribution < 1.29 is 9.53 Å². The number of hydrogen-bond donors (Lipinski definition) is 0. The van der Waals surface area contributed by atoms with Crippen LogP contribution in [-0.2, 0) is 4.79 Å². The Hall–Kier alpha value is -2.57. The van der Waals surface area contributed by atoms with Crippen LogP contribution in [0, 0.1) is 18.4 Å². The molecule has 0 fully saturated rings. The fourth-order valence-electron chi connectivity index (χ4n) is 2.26. The Labute approximate surface area is 151 Å². The van der Waals surface area contributed by atoms with Crippen molar-refractivity contribution in [1.29, 1.82) is 0 Å². The van der Waals surface area contributed by atoms with Crippen LogP contribution in [0.2, 0.25) is 19.6 Å². The van der Waals surface area contributed by atoms with E-state index < -0.39 is 8.07 Å². The summed E-state index contributed by atoms with van der Waals surface area (Å²) in [6, 6.07) is 13.8. The Morgan fingerprint density at radius 2 is 1.72 bits per heavy atom. The first-order valence-electron chi connectivity index (χ1n) is 8.28. The maximum absolute atomic E-state index is 11.4. The largest absolute Gasteiger partial charge is 0.426 e. The molecule has 0 amide bonds. The second-order valence-electron chi connectivity index (χ2n) is 7.15. The quantitative estimate of drug-likeness (QED) is 0.329. The summed E-state index contributed by atoms with van der Waals surface area (Å²) in [4.78, 5) is 11.4. The highest BCUT2D eigenvalue weighted by Crippen LogP contribution is 2.31. The molecule has 0 aliphatic carbocycles. The van der Waals surface area contributed by atoms with Crippen LogP contribution in [0.1, 0.15) is 29.2 Å². The standard InChI is InChI=1S/C22H24O2Si/c1-16-7-10-20(11-8-16)17(2)21-15-19(13-14-25(4,5)6)9-12-22(21)24-18(3)23/h7-12,15H,2H2,1,3-6H3. The van der Waals surface area contributed by atoms with E-state index in [-0.39, 0.29) is 5.97 Å². The van der Waals surface area contributed by atoms with E-state index in [1.54, 1.807) is 6.07 Å². The van der Waals surface area contributed by atoms with Gasteiger partial charge in [0.25, 0.3) is 0 Å². The van der Waals surface area contributed by atoms with Crippen molar-refractivity contribution in [3.63, 3.8) is 0 Å². The molecular weight excluding hydrogens is 324 g/mol. The van der Waals surface area contributed by atoms with Gasteiger partial charge < -0.3 is 4.74 Å². The zero-order chi connectivity index (χ0) is 18.6. The molecule has 0 N–H and O–H groups in total. The molecule has 2 aromatic carbocycles. The molecule has 0 saturated carbocycles. The van der Waals surface area contributed by atoms with Gasteiger partial charge in [0.2, 0.25) is 0 Å². The van der Waals surface area contributed by atoms with Crippen LogP contribution in [-0.4, -0.2) is 14.0 Å². The number of carbonyl (C=O) groups is 1. The third-order valence-electron chi connectivity index (χ3n) is 3.54. The number of hydrogen-bond acceptors (Lipinski definition) is 2. The van der Waals surface area contributed by atoms with Crippen LogP contribution in [0.3, 0.4) is 0 Å². The van der Waals surface area contributed by atoms with E-state index in [2.05, 4.69) is 37.7 Å². The van der Waals surface area contributed by atoms with E-state index >= 15 is 0 Å². The molecule has 2 rings (SSSR count). The number of benzene rings is 2. The van der Waals surface area contributed by atoms with Gasteiger partial charge in [0.1, 0.15) is 13.8 Å². The number of carbonyl (C=O) groups excluding carboxylic acids is 1. The van der Waals surface area contributed by atoms with E-state index in [0.717, 1.165) is 22.3 Å². The fraction of sp³-hybridized carbons (Fsp3) is 0.227. The van der Waals surface area contributed by atoms with Gasteiger partial charge >= 0.3 is 5.97 Å². The molecule has 128 valence electrons. The van der Waals surface area contributed by atoms with Gasteiger partial charge in [0.15, 0.2) is 0 Å². The summed E-state index contributed by atoms with van der Waals surface area (Å²) >= 11 is 0. The Morgan fingerprint density at radius 1 is 1.08 bits per heavy atom. The van der Waals surface area contributed by atoms with E-state index in [1.165, 1.54) is 12.5 Å². The zero-order valence-electron chi connectivity index (χ0n) is 15.6. The molecule has 2 nitrogen and oxygen atoms in total. The van der Waals surface area contributed by atoms with Crippen molar-refractivity contribution in [3.8, 4) is 17.2 Å². The van der Waals surface area contributed by atoms with Crippen LogP contribution >= 0.6 is 0 Å². The number of aryl methyl sites for hydroxylation is 1. The molecule has 0 spiro atoms. The average Bonchev–Trinajstić information content (AvgIpc) is 2.52. The lowest BCUT2D eigenvalue weighted by Gasteiger charge is -2.13. The third-order valence-corrected chi connectivity index (χ3v) is 4.42. The summed E-state index contributed by atoms with van der Waals surface area (Å²) in [5.74, 6) is 3.41. The molecule has 25 heavy (non-hydrogen) atoms. The number of esters is 1. The molecule has 0 aromatic heterocycles. The van der Waals surface area contributed by atoms with Gasteiger partial charge in [-0.1, -0.05) is 62.0 Å². The Bertz CT molecular complexity index is 860. The van der Waals surface area contributed by atoms with E-state index in [4.69, 9.17) is 4.74 Å². The summed E-state index contributed by atoms with van der Waals surface area (Å²) in [7, 11) is -1.46. The van der Waals surface area contributed by atoms with Crippen molar-refractivity contribution in [1.82, 2.24) is 0 Å². The molecule has 0 unspecified atom stereocenters. The predicted molar refractivity (Wildman–Crippen MR) is 107 cm³/mol. The van der Waals surface area contributed by atoms with Gasteiger partial charge in [-0.15, -0.1) is 5.54 Å². The monoisotopic (exact) mass is 348 g/mol. The van der Waals surface area contributed by atoms with Gasteiger partial charge in [-0.05, 0) is 36.3 Å². The lowest BCUT2D eigenvalue weighted by Crippen LogP contribution is -2.16. The molecule has 0 aliphatic rings. The summed E-state index contributed by atoms with van der Waals surface area (Å²) in [5.41, 5.74) is 8.05. The van der Waals surface area contributed by atoms with Crippen molar-refractivity contribution >= 4 is 19.6 Å². The summed E-state index contributed by atoms with van der Waals surface area (Å²) in [6.07, 6.45) is 0. The molecule has 3 heteroatoms. The minimum Gasteiger partial charge on any atom is -0.426 e. The van der Waals surface area contributed by atoms with Gasteiger partial charge in [-0.25, -0.2) is 0 Å². The highest BCUT2D eigenvalue weighted by Gasteiger charge is 2.13. The van der Waals surface area contributed by atoms with Gasteiger partial charge in [-0.2, -0.15) is 0 Å². The minimum atomic E-state index is -1.46. The summed E-state index contributed by atoms with van der Waals surface area (Å²) in [5, 5.41) is 0. The van der Waals surface area contributed by atoms with Crippen LogP contribution in [0.5, 0.6) is 5.75 Å². The van der Waals surface area contributed by atoms with Crippen molar-refractivity contribution in [2.24, 2.45) is 0 Å². The molecule has 0 bridgehead atoms. The molecule has 0 saturated heterocycles. The SMILES string of the molecule is C=C(c1ccc(C)cc1)c1cc(C#C[Si](C)(C)C)ccc1OC(C)=O. The molecule has 0 radical (unpaired) electrons. The van der Waals surface area contributed by atoms with E-state index in [0.29, 0.717) is 5.75 Å². The lowest BCUT2D eigenvalue weighted by atomic mass is 9.96. The minimum absolute atomic E-state index is 0.348. The average molecular weight is 349 g/mol. The van der Waals surface area contributed by atoms with Gasteiger partial charge in [0.05, 0.1) is 0 Å². The van der Waals surface area contributed by atoms with Crippen molar-refractivity contribution in [2.45, 2.75) is 33.5 Å². The number of rotatable bonds is 3. The topological polar surface area (TPSA) is 26.3 Å². The Morgan fingerprint density at radius 3 is 2.28 bits per heavy atom. The fourth-order valence-corrected chi connectivity index (χ4v) is 2.78. The first kappa shape index (κ1) is 18.8. The third kappa shape index (κ3) is 5.48. The van der Waals surface area contributed by atoms with Crippen LogP contribution in [0.25, 0.3) is 5.57 Å². The molecular formula is C22H24O2Si.